The Labute approximate surface area is 101 Å². The van der Waals surface area contributed by atoms with Crippen molar-refractivity contribution in [1.82, 2.24) is 0 Å². The van der Waals surface area contributed by atoms with Crippen molar-refractivity contribution >= 4 is 10.8 Å². The van der Waals surface area contributed by atoms with Gasteiger partial charge in [0.1, 0.15) is 0 Å². The summed E-state index contributed by atoms with van der Waals surface area (Å²) in [6.45, 7) is 2.23. The Balaban J connectivity index is 2.42. The lowest BCUT2D eigenvalue weighted by Gasteiger charge is -2.09. The zero-order chi connectivity index (χ0) is 12.3. The molecule has 0 saturated carbocycles. The van der Waals surface area contributed by atoms with Crippen LogP contribution in [0.4, 0.5) is 0 Å². The monoisotopic (exact) mass is 225 g/mol. The van der Waals surface area contributed by atoms with Gasteiger partial charge in [0.2, 0.25) is 0 Å². The highest BCUT2D eigenvalue weighted by molar-refractivity contribution is 5.88. The third-order valence-electron chi connectivity index (χ3n) is 2.96. The Morgan fingerprint density at radius 2 is 2.12 bits per heavy atom. The van der Waals surface area contributed by atoms with Crippen LogP contribution in [0.1, 0.15) is 18.1 Å². The van der Waals surface area contributed by atoms with Crippen molar-refractivity contribution in [3.05, 3.63) is 47.5 Å². The van der Waals surface area contributed by atoms with E-state index in [2.05, 4.69) is 12.1 Å². The van der Waals surface area contributed by atoms with E-state index >= 15 is 0 Å². The first-order valence-corrected chi connectivity index (χ1v) is 5.77. The second-order valence-electron chi connectivity index (χ2n) is 4.46. The van der Waals surface area contributed by atoms with Crippen LogP contribution in [0.2, 0.25) is 0 Å². The van der Waals surface area contributed by atoms with Crippen LogP contribution in [-0.4, -0.2) is 11.7 Å². The zero-order valence-corrected chi connectivity index (χ0v) is 9.85. The van der Waals surface area contributed by atoms with Gasteiger partial charge >= 0.3 is 0 Å². The number of hydrogen-bond donors (Lipinski definition) is 1. The Morgan fingerprint density at radius 1 is 1.29 bits per heavy atom. The molecule has 0 radical (unpaired) electrons. The van der Waals surface area contributed by atoms with Gasteiger partial charge in [-0.1, -0.05) is 37.3 Å². The molecule has 17 heavy (non-hydrogen) atoms. The third kappa shape index (κ3) is 2.46. The van der Waals surface area contributed by atoms with Crippen LogP contribution in [0, 0.1) is 17.2 Å². The standard InChI is InChI=1S/C15H15NO/c1-11(10-17)7-12-5-6-15-13(8-12)3-2-4-14(15)9-16/h2-6,8,11,17H,7,10H2,1H3. The van der Waals surface area contributed by atoms with Gasteiger partial charge in [0.15, 0.2) is 0 Å². The fraction of sp³-hybridized carbons (Fsp3) is 0.267. The van der Waals surface area contributed by atoms with E-state index in [1.54, 1.807) is 0 Å². The van der Waals surface area contributed by atoms with Crippen LogP contribution < -0.4 is 0 Å². The lowest BCUT2D eigenvalue weighted by Crippen LogP contribution is -2.04. The van der Waals surface area contributed by atoms with Crippen molar-refractivity contribution in [3.63, 3.8) is 0 Å². The fourth-order valence-corrected chi connectivity index (χ4v) is 2.02. The molecule has 0 bridgehead atoms. The number of aliphatic hydroxyl groups excluding tert-OH is 1. The zero-order valence-electron chi connectivity index (χ0n) is 9.85. The average Bonchev–Trinajstić information content (AvgIpc) is 2.37. The highest BCUT2D eigenvalue weighted by atomic mass is 16.3. The molecule has 0 fully saturated rings. The first-order chi connectivity index (χ1) is 8.24. The van der Waals surface area contributed by atoms with Crippen LogP contribution >= 0.6 is 0 Å². The van der Waals surface area contributed by atoms with Gasteiger partial charge in [0.05, 0.1) is 11.6 Å². The minimum Gasteiger partial charge on any atom is -0.396 e. The SMILES string of the molecule is CC(CO)Cc1ccc2c(C#N)cccc2c1. The molecule has 0 aliphatic heterocycles. The highest BCUT2D eigenvalue weighted by Crippen LogP contribution is 2.21. The molecule has 0 spiro atoms. The van der Waals surface area contributed by atoms with E-state index in [0.29, 0.717) is 5.56 Å². The van der Waals surface area contributed by atoms with Crippen LogP contribution in [0.3, 0.4) is 0 Å². The number of benzene rings is 2. The molecule has 0 amide bonds. The molecule has 2 aromatic carbocycles. The van der Waals surface area contributed by atoms with E-state index in [0.717, 1.165) is 17.2 Å². The topological polar surface area (TPSA) is 44.0 Å². The molecule has 0 aliphatic rings. The Kier molecular flexibility index (Phi) is 3.41. The second kappa shape index (κ2) is 4.99. The molecule has 2 aromatic rings. The quantitative estimate of drug-likeness (QED) is 0.872. The van der Waals surface area contributed by atoms with Crippen LogP contribution in [0.15, 0.2) is 36.4 Å². The van der Waals surface area contributed by atoms with E-state index in [4.69, 9.17) is 10.4 Å². The molecule has 86 valence electrons. The Hall–Kier alpha value is -1.85. The third-order valence-corrected chi connectivity index (χ3v) is 2.96. The molecule has 0 heterocycles. The number of fused-ring (bicyclic) bond motifs is 1. The molecule has 0 aromatic heterocycles. The smallest absolute Gasteiger partial charge is 0.0998 e. The average molecular weight is 225 g/mol. The number of rotatable bonds is 3. The van der Waals surface area contributed by atoms with Gasteiger partial charge in [-0.3, -0.25) is 0 Å². The summed E-state index contributed by atoms with van der Waals surface area (Å²) in [4.78, 5) is 0. The number of hydrogen-bond acceptors (Lipinski definition) is 2. The molecule has 0 aliphatic carbocycles. The summed E-state index contributed by atoms with van der Waals surface area (Å²) in [5.41, 5.74) is 1.92. The molecular formula is C15H15NO. The van der Waals surface area contributed by atoms with Gasteiger partial charge in [0.25, 0.3) is 0 Å². The van der Waals surface area contributed by atoms with Crippen molar-refractivity contribution in [1.29, 1.82) is 5.26 Å². The van der Waals surface area contributed by atoms with Crippen molar-refractivity contribution in [3.8, 4) is 6.07 Å². The summed E-state index contributed by atoms with van der Waals surface area (Å²) >= 11 is 0. The molecule has 1 atom stereocenters. The summed E-state index contributed by atoms with van der Waals surface area (Å²) in [6, 6.07) is 14.1. The van der Waals surface area contributed by atoms with Gasteiger partial charge in [-0.15, -0.1) is 0 Å². The van der Waals surface area contributed by atoms with E-state index < -0.39 is 0 Å². The molecule has 2 heteroatoms. The maximum Gasteiger partial charge on any atom is 0.0998 e. The summed E-state index contributed by atoms with van der Waals surface area (Å²) < 4.78 is 0. The van der Waals surface area contributed by atoms with Crippen molar-refractivity contribution in [2.45, 2.75) is 13.3 Å². The van der Waals surface area contributed by atoms with Crippen LogP contribution in [0.5, 0.6) is 0 Å². The maximum absolute atomic E-state index is 9.05. The van der Waals surface area contributed by atoms with Crippen molar-refractivity contribution in [2.75, 3.05) is 6.61 Å². The largest absolute Gasteiger partial charge is 0.396 e. The predicted molar refractivity (Wildman–Crippen MR) is 68.6 cm³/mol. The fourth-order valence-electron chi connectivity index (χ4n) is 2.02. The minimum absolute atomic E-state index is 0.205. The summed E-state index contributed by atoms with van der Waals surface area (Å²) in [5, 5.41) is 20.1. The summed E-state index contributed by atoms with van der Waals surface area (Å²) in [6.07, 6.45) is 0.864. The van der Waals surface area contributed by atoms with Gasteiger partial charge in [0, 0.05) is 6.61 Å². The van der Waals surface area contributed by atoms with E-state index in [1.807, 2.05) is 37.3 Å². The van der Waals surface area contributed by atoms with Gasteiger partial charge in [-0.2, -0.15) is 5.26 Å². The van der Waals surface area contributed by atoms with Crippen molar-refractivity contribution in [2.24, 2.45) is 5.92 Å². The van der Waals surface area contributed by atoms with Crippen LogP contribution in [0.25, 0.3) is 10.8 Å². The molecule has 2 nitrogen and oxygen atoms in total. The number of nitrogens with zero attached hydrogens (tertiary/aromatic N) is 1. The predicted octanol–water partition coefficient (Wildman–Crippen LogP) is 2.88. The number of nitriles is 1. The molecule has 2 rings (SSSR count). The normalized spacial score (nSPS) is 12.3. The molecule has 1 unspecified atom stereocenters. The first-order valence-electron chi connectivity index (χ1n) is 5.77. The molecule has 0 saturated heterocycles. The molecular weight excluding hydrogens is 210 g/mol. The van der Waals surface area contributed by atoms with Crippen molar-refractivity contribution < 1.29 is 5.11 Å². The first kappa shape index (κ1) is 11.6. The minimum atomic E-state index is 0.205. The van der Waals surface area contributed by atoms with Gasteiger partial charge in [-0.25, -0.2) is 0 Å². The lowest BCUT2D eigenvalue weighted by atomic mass is 9.97. The van der Waals surface area contributed by atoms with Crippen LogP contribution in [-0.2, 0) is 6.42 Å². The molecule has 1 N–H and O–H groups in total. The van der Waals surface area contributed by atoms with E-state index in [1.165, 1.54) is 5.56 Å². The summed E-state index contributed by atoms with van der Waals surface area (Å²) in [7, 11) is 0. The Bertz CT molecular complexity index is 569. The maximum atomic E-state index is 9.05. The van der Waals surface area contributed by atoms with Gasteiger partial charge < -0.3 is 5.11 Å². The highest BCUT2D eigenvalue weighted by Gasteiger charge is 2.04. The Morgan fingerprint density at radius 3 is 2.82 bits per heavy atom. The van der Waals surface area contributed by atoms with E-state index in [-0.39, 0.29) is 12.5 Å². The summed E-state index contributed by atoms with van der Waals surface area (Å²) in [5.74, 6) is 0.270. The van der Waals surface area contributed by atoms with Gasteiger partial charge in [-0.05, 0) is 34.7 Å². The lowest BCUT2D eigenvalue weighted by molar-refractivity contribution is 0.237. The number of aliphatic hydroxyl groups is 1. The van der Waals surface area contributed by atoms with E-state index in [9.17, 15) is 0 Å². The second-order valence-corrected chi connectivity index (χ2v) is 4.46.